The molecule has 1 aromatic carbocycles. The number of nitrogens with one attached hydrogen (secondary N) is 1. The van der Waals surface area contributed by atoms with Crippen LogP contribution in [0.2, 0.25) is 5.02 Å². The predicted octanol–water partition coefficient (Wildman–Crippen LogP) is 3.54. The van der Waals surface area contributed by atoms with Gasteiger partial charge in [-0.25, -0.2) is 17.9 Å². The van der Waals surface area contributed by atoms with Crippen LogP contribution in [0.25, 0.3) is 5.65 Å². The fourth-order valence-electron chi connectivity index (χ4n) is 4.12. The Morgan fingerprint density at radius 3 is 2.64 bits per heavy atom. The molecule has 0 atom stereocenters. The van der Waals surface area contributed by atoms with E-state index in [1.54, 1.807) is 0 Å². The fraction of sp³-hybridized carbons (Fsp3) is 0.435. The highest BCUT2D eigenvalue weighted by atomic mass is 35.5. The minimum Gasteiger partial charge on any atom is -0.352 e. The van der Waals surface area contributed by atoms with Crippen molar-refractivity contribution in [3.63, 3.8) is 0 Å². The van der Waals surface area contributed by atoms with Gasteiger partial charge in [0.05, 0.1) is 21.2 Å². The van der Waals surface area contributed by atoms with Gasteiger partial charge in [0.1, 0.15) is 0 Å². The number of aromatic nitrogens is 3. The van der Waals surface area contributed by atoms with Crippen LogP contribution in [0.3, 0.4) is 0 Å². The van der Waals surface area contributed by atoms with Crippen LogP contribution in [0, 0.1) is 13.8 Å². The smallest absolute Gasteiger partial charge is 0.252 e. The Morgan fingerprint density at radius 1 is 1.12 bits per heavy atom. The third-order valence-electron chi connectivity index (χ3n) is 5.81. The topological polar surface area (TPSA) is 96.7 Å². The number of carbonyl (C=O) groups is 1. The molecule has 33 heavy (non-hydrogen) atoms. The number of carbonyl (C=O) groups excluding carboxylic acids is 1. The normalized spacial score (nSPS) is 15.1. The zero-order chi connectivity index (χ0) is 23.6. The van der Waals surface area contributed by atoms with Gasteiger partial charge in [-0.15, -0.1) is 0 Å². The van der Waals surface area contributed by atoms with Gasteiger partial charge in [-0.3, -0.25) is 4.79 Å². The molecule has 0 radical (unpaired) electrons. The summed E-state index contributed by atoms with van der Waals surface area (Å²) in [6.45, 7) is 5.36. The maximum atomic E-state index is 12.9. The highest BCUT2D eigenvalue weighted by Crippen LogP contribution is 2.25. The molecule has 1 aliphatic heterocycles. The van der Waals surface area contributed by atoms with Gasteiger partial charge in [0.15, 0.2) is 5.65 Å². The molecule has 1 aliphatic rings. The summed E-state index contributed by atoms with van der Waals surface area (Å²) in [5.41, 5.74) is 3.84. The molecular weight excluding hydrogens is 462 g/mol. The molecule has 0 unspecified atom stereocenters. The summed E-state index contributed by atoms with van der Waals surface area (Å²) < 4.78 is 29.2. The van der Waals surface area contributed by atoms with Gasteiger partial charge in [0.25, 0.3) is 5.91 Å². The lowest BCUT2D eigenvalue weighted by Crippen LogP contribution is -2.35. The van der Waals surface area contributed by atoms with Crippen LogP contribution in [0.1, 0.15) is 53.1 Å². The zero-order valence-corrected chi connectivity index (χ0v) is 20.4. The van der Waals surface area contributed by atoms with Crippen molar-refractivity contribution in [2.75, 3.05) is 19.6 Å². The third-order valence-corrected chi connectivity index (χ3v) is 8.04. The van der Waals surface area contributed by atoms with Crippen LogP contribution in [-0.2, 0) is 16.4 Å². The summed E-state index contributed by atoms with van der Waals surface area (Å²) in [6.07, 6.45) is 4.09. The van der Waals surface area contributed by atoms with Gasteiger partial charge in [-0.2, -0.15) is 9.40 Å². The molecule has 3 aromatic rings. The molecule has 1 fully saturated rings. The minimum absolute atomic E-state index is 0.0989. The number of fused-ring (bicyclic) bond motifs is 1. The molecule has 2 aromatic heterocycles. The van der Waals surface area contributed by atoms with E-state index in [1.807, 2.05) is 30.5 Å². The first-order valence-corrected chi connectivity index (χ1v) is 13.0. The van der Waals surface area contributed by atoms with E-state index < -0.39 is 10.0 Å². The van der Waals surface area contributed by atoms with Crippen LogP contribution in [0.4, 0.5) is 0 Å². The lowest BCUT2D eigenvalue weighted by Gasteiger charge is -2.26. The van der Waals surface area contributed by atoms with Gasteiger partial charge in [-0.05, 0) is 63.8 Å². The quantitative estimate of drug-likeness (QED) is 0.512. The molecule has 0 aliphatic carbocycles. The number of amides is 1. The van der Waals surface area contributed by atoms with Crippen LogP contribution >= 0.6 is 11.6 Å². The van der Waals surface area contributed by atoms with Crippen LogP contribution in [-0.4, -0.2) is 52.9 Å². The molecule has 176 valence electrons. The summed E-state index contributed by atoms with van der Waals surface area (Å²) in [6, 6.07) is 8.24. The standard InChI is InChI=1S/C23H28ClN5O3S/c1-16-13-17(2)29-22(26-16)14-18(27-29)7-6-10-25-23(30)20-15-19(8-9-21(20)24)33(31,32)28-11-4-3-5-12-28/h8-9,13-15H,3-7,10-12H2,1-2H3,(H,25,30). The Balaban J connectivity index is 1.38. The Hall–Kier alpha value is -2.49. The Kier molecular flexibility index (Phi) is 7.02. The highest BCUT2D eigenvalue weighted by Gasteiger charge is 2.27. The third kappa shape index (κ3) is 5.20. The number of sulfonamides is 1. The second-order valence-electron chi connectivity index (χ2n) is 8.41. The Bertz CT molecular complexity index is 1280. The number of aryl methyl sites for hydroxylation is 3. The van der Waals surface area contributed by atoms with Gasteiger partial charge in [0, 0.05) is 37.1 Å². The molecule has 3 heterocycles. The lowest BCUT2D eigenvalue weighted by atomic mass is 10.2. The molecule has 1 saturated heterocycles. The molecular formula is C23H28ClN5O3S. The highest BCUT2D eigenvalue weighted by molar-refractivity contribution is 7.89. The fourth-order valence-corrected chi connectivity index (χ4v) is 5.86. The zero-order valence-electron chi connectivity index (χ0n) is 18.8. The largest absolute Gasteiger partial charge is 0.352 e. The van der Waals surface area contributed by atoms with Crippen molar-refractivity contribution in [2.45, 2.75) is 50.8 Å². The summed E-state index contributed by atoms with van der Waals surface area (Å²) in [5, 5.41) is 7.64. The Labute approximate surface area is 199 Å². The van der Waals surface area contributed by atoms with E-state index in [1.165, 1.54) is 22.5 Å². The van der Waals surface area contributed by atoms with Crippen molar-refractivity contribution in [3.8, 4) is 0 Å². The SMILES string of the molecule is Cc1cc(C)n2nc(CCCNC(=O)c3cc(S(=O)(=O)N4CCCCC4)ccc3Cl)cc2n1. The predicted molar refractivity (Wildman–Crippen MR) is 127 cm³/mol. The molecule has 0 saturated carbocycles. The van der Waals surface area contributed by atoms with Crippen molar-refractivity contribution in [2.24, 2.45) is 0 Å². The number of piperidine rings is 1. The monoisotopic (exact) mass is 489 g/mol. The van der Waals surface area contributed by atoms with Gasteiger partial charge in [0.2, 0.25) is 10.0 Å². The van der Waals surface area contributed by atoms with Crippen molar-refractivity contribution in [1.82, 2.24) is 24.2 Å². The van der Waals surface area contributed by atoms with E-state index in [9.17, 15) is 13.2 Å². The van der Waals surface area contributed by atoms with Crippen molar-refractivity contribution < 1.29 is 13.2 Å². The first-order chi connectivity index (χ1) is 15.8. The second-order valence-corrected chi connectivity index (χ2v) is 10.8. The molecule has 8 nitrogen and oxygen atoms in total. The molecule has 1 amide bonds. The van der Waals surface area contributed by atoms with Gasteiger partial charge < -0.3 is 5.32 Å². The first kappa shape index (κ1) is 23.7. The maximum Gasteiger partial charge on any atom is 0.252 e. The summed E-state index contributed by atoms with van der Waals surface area (Å²) >= 11 is 6.22. The van der Waals surface area contributed by atoms with E-state index >= 15 is 0 Å². The lowest BCUT2D eigenvalue weighted by molar-refractivity contribution is 0.0953. The molecule has 4 rings (SSSR count). The molecule has 10 heteroatoms. The summed E-state index contributed by atoms with van der Waals surface area (Å²) in [7, 11) is -3.64. The number of rotatable bonds is 7. The summed E-state index contributed by atoms with van der Waals surface area (Å²) in [4.78, 5) is 17.3. The van der Waals surface area contributed by atoms with E-state index in [-0.39, 0.29) is 21.4 Å². The number of hydrogen-bond donors (Lipinski definition) is 1. The van der Waals surface area contributed by atoms with Crippen molar-refractivity contribution in [3.05, 3.63) is 58.0 Å². The number of halogens is 1. The maximum absolute atomic E-state index is 12.9. The van der Waals surface area contributed by atoms with Crippen molar-refractivity contribution in [1.29, 1.82) is 0 Å². The molecule has 1 N–H and O–H groups in total. The average molecular weight is 490 g/mol. The van der Waals surface area contributed by atoms with E-state index in [4.69, 9.17) is 11.6 Å². The van der Waals surface area contributed by atoms with E-state index in [0.717, 1.165) is 42.0 Å². The van der Waals surface area contributed by atoms with E-state index in [2.05, 4.69) is 15.4 Å². The van der Waals surface area contributed by atoms with Crippen LogP contribution < -0.4 is 5.32 Å². The molecule has 0 spiro atoms. The van der Waals surface area contributed by atoms with Gasteiger partial charge in [-0.1, -0.05) is 18.0 Å². The Morgan fingerprint density at radius 2 is 1.88 bits per heavy atom. The average Bonchev–Trinajstić information content (AvgIpc) is 3.20. The number of hydrogen-bond acceptors (Lipinski definition) is 5. The minimum atomic E-state index is -3.64. The van der Waals surface area contributed by atoms with Crippen molar-refractivity contribution >= 4 is 33.2 Å². The van der Waals surface area contributed by atoms with Crippen LogP contribution in [0.15, 0.2) is 35.2 Å². The summed E-state index contributed by atoms with van der Waals surface area (Å²) in [5.74, 6) is -0.390. The van der Waals surface area contributed by atoms with Crippen LogP contribution in [0.5, 0.6) is 0 Å². The molecule has 0 bridgehead atoms. The van der Waals surface area contributed by atoms with E-state index in [0.29, 0.717) is 32.5 Å². The number of nitrogens with zero attached hydrogens (tertiary/aromatic N) is 4. The first-order valence-electron chi connectivity index (χ1n) is 11.2. The second kappa shape index (κ2) is 9.79. The number of benzene rings is 1. The van der Waals surface area contributed by atoms with Gasteiger partial charge >= 0.3 is 0 Å².